The van der Waals surface area contributed by atoms with Gasteiger partial charge in [0.25, 0.3) is 0 Å². The SMILES string of the molecule is O=P(O)(O)CCCP(=O)(O)C(O)c1ccccc1. The molecule has 0 aromatic heterocycles. The van der Waals surface area contributed by atoms with Crippen LogP contribution in [0, 0.1) is 0 Å². The van der Waals surface area contributed by atoms with Crippen LogP contribution in [0.15, 0.2) is 30.3 Å². The van der Waals surface area contributed by atoms with Gasteiger partial charge in [-0.05, 0) is 12.0 Å². The molecule has 18 heavy (non-hydrogen) atoms. The summed E-state index contributed by atoms with van der Waals surface area (Å²) in [6.45, 7) is 0. The Morgan fingerprint density at radius 2 is 1.56 bits per heavy atom. The van der Waals surface area contributed by atoms with Gasteiger partial charge in [0, 0.05) is 6.16 Å². The van der Waals surface area contributed by atoms with Crippen LogP contribution in [0.25, 0.3) is 0 Å². The molecular weight excluding hydrogens is 278 g/mol. The lowest BCUT2D eigenvalue weighted by Crippen LogP contribution is -2.04. The lowest BCUT2D eigenvalue weighted by molar-refractivity contribution is 0.234. The maximum Gasteiger partial charge on any atom is 0.325 e. The summed E-state index contributed by atoms with van der Waals surface area (Å²) in [6.07, 6.45) is -0.894. The van der Waals surface area contributed by atoms with E-state index in [4.69, 9.17) is 9.79 Å². The van der Waals surface area contributed by atoms with Crippen LogP contribution in [-0.4, -0.2) is 32.1 Å². The lowest BCUT2D eigenvalue weighted by Gasteiger charge is -2.18. The zero-order valence-electron chi connectivity index (χ0n) is 9.59. The highest BCUT2D eigenvalue weighted by Crippen LogP contribution is 2.54. The molecule has 2 atom stereocenters. The van der Waals surface area contributed by atoms with Crippen molar-refractivity contribution in [1.82, 2.24) is 0 Å². The first kappa shape index (κ1) is 15.6. The zero-order chi connectivity index (χ0) is 13.8. The topological polar surface area (TPSA) is 115 Å². The van der Waals surface area contributed by atoms with E-state index in [0.29, 0.717) is 5.56 Å². The molecule has 8 heteroatoms. The average molecular weight is 294 g/mol. The number of rotatable bonds is 6. The van der Waals surface area contributed by atoms with E-state index in [1.165, 1.54) is 12.1 Å². The third-order valence-electron chi connectivity index (χ3n) is 2.41. The van der Waals surface area contributed by atoms with Crippen molar-refractivity contribution in [3.8, 4) is 0 Å². The quantitative estimate of drug-likeness (QED) is 0.591. The van der Waals surface area contributed by atoms with Gasteiger partial charge in [0.1, 0.15) is 0 Å². The summed E-state index contributed by atoms with van der Waals surface area (Å²) in [5.41, 5.74) is 0.319. The second kappa shape index (κ2) is 6.11. The van der Waals surface area contributed by atoms with Crippen LogP contribution in [-0.2, 0) is 9.13 Å². The average Bonchev–Trinajstić information content (AvgIpc) is 2.27. The fourth-order valence-electron chi connectivity index (χ4n) is 1.48. The van der Waals surface area contributed by atoms with Gasteiger partial charge in [0.15, 0.2) is 5.85 Å². The largest absolute Gasteiger partial charge is 0.378 e. The molecule has 1 aromatic carbocycles. The van der Waals surface area contributed by atoms with Gasteiger partial charge < -0.3 is 19.8 Å². The third kappa shape index (κ3) is 5.02. The van der Waals surface area contributed by atoms with E-state index in [2.05, 4.69) is 0 Å². The summed E-state index contributed by atoms with van der Waals surface area (Å²) in [4.78, 5) is 27.0. The van der Waals surface area contributed by atoms with E-state index in [1.54, 1.807) is 18.2 Å². The van der Waals surface area contributed by atoms with Crippen LogP contribution in [0.3, 0.4) is 0 Å². The highest BCUT2D eigenvalue weighted by Gasteiger charge is 2.30. The zero-order valence-corrected chi connectivity index (χ0v) is 11.4. The predicted octanol–water partition coefficient (Wildman–Crippen LogP) is 1.52. The molecule has 1 aromatic rings. The van der Waals surface area contributed by atoms with Crippen molar-refractivity contribution in [2.45, 2.75) is 12.3 Å². The standard InChI is InChI=1S/C10H16O6P2/c11-10(9-5-2-1-3-6-9)17(12,13)7-4-8-18(14,15)16/h1-3,5-6,10-11H,4,7-8H2,(H,12,13)(H2,14,15,16). The first-order chi connectivity index (χ1) is 8.22. The minimum Gasteiger partial charge on any atom is -0.378 e. The van der Waals surface area contributed by atoms with Crippen molar-refractivity contribution in [3.05, 3.63) is 35.9 Å². The highest BCUT2D eigenvalue weighted by molar-refractivity contribution is 7.58. The summed E-state index contributed by atoms with van der Waals surface area (Å²) in [6, 6.07) is 8.03. The predicted molar refractivity (Wildman–Crippen MR) is 67.6 cm³/mol. The van der Waals surface area contributed by atoms with Crippen molar-refractivity contribution in [1.29, 1.82) is 0 Å². The van der Waals surface area contributed by atoms with Crippen molar-refractivity contribution in [3.63, 3.8) is 0 Å². The van der Waals surface area contributed by atoms with Gasteiger partial charge in [-0.1, -0.05) is 30.3 Å². The number of aliphatic hydroxyl groups is 1. The molecule has 102 valence electrons. The van der Waals surface area contributed by atoms with Crippen LogP contribution in [0.2, 0.25) is 0 Å². The molecule has 1 rings (SSSR count). The van der Waals surface area contributed by atoms with Crippen LogP contribution in [0.4, 0.5) is 0 Å². The fraction of sp³-hybridized carbons (Fsp3) is 0.400. The summed E-state index contributed by atoms with van der Waals surface area (Å²) < 4.78 is 22.5. The molecule has 6 nitrogen and oxygen atoms in total. The minimum absolute atomic E-state index is 0.109. The van der Waals surface area contributed by atoms with E-state index in [0.717, 1.165) is 0 Å². The monoisotopic (exact) mass is 294 g/mol. The third-order valence-corrected chi connectivity index (χ3v) is 5.33. The van der Waals surface area contributed by atoms with Gasteiger partial charge >= 0.3 is 7.60 Å². The number of aliphatic hydroxyl groups excluding tert-OH is 1. The molecule has 0 aliphatic rings. The molecule has 0 saturated heterocycles. The van der Waals surface area contributed by atoms with Crippen LogP contribution in [0.1, 0.15) is 17.8 Å². The Kier molecular flexibility index (Phi) is 5.29. The number of hydrogen-bond donors (Lipinski definition) is 4. The first-order valence-electron chi connectivity index (χ1n) is 5.31. The van der Waals surface area contributed by atoms with Gasteiger partial charge in [-0.2, -0.15) is 0 Å². The maximum atomic E-state index is 11.9. The van der Waals surface area contributed by atoms with Crippen molar-refractivity contribution in [2.75, 3.05) is 12.3 Å². The summed E-state index contributed by atoms with van der Waals surface area (Å²) in [7, 11) is -8.05. The minimum atomic E-state index is -4.17. The molecule has 0 saturated carbocycles. The smallest absolute Gasteiger partial charge is 0.325 e. The van der Waals surface area contributed by atoms with Gasteiger partial charge in [0.2, 0.25) is 7.37 Å². The second-order valence-corrected chi connectivity index (χ2v) is 8.23. The van der Waals surface area contributed by atoms with Crippen LogP contribution in [0.5, 0.6) is 0 Å². The number of benzene rings is 1. The van der Waals surface area contributed by atoms with Crippen molar-refractivity contribution in [2.24, 2.45) is 0 Å². The first-order valence-corrected chi connectivity index (χ1v) is 9.02. The summed E-state index contributed by atoms with van der Waals surface area (Å²) >= 11 is 0. The Labute approximate surface area is 105 Å². The Balaban J connectivity index is 2.64. The summed E-state index contributed by atoms with van der Waals surface area (Å²) in [5, 5.41) is 9.77. The normalized spacial score (nSPS) is 17.1. The van der Waals surface area contributed by atoms with Gasteiger partial charge in [-0.25, -0.2) is 0 Å². The van der Waals surface area contributed by atoms with E-state index in [-0.39, 0.29) is 12.6 Å². The molecular formula is C10H16O6P2. The van der Waals surface area contributed by atoms with Crippen LogP contribution < -0.4 is 0 Å². The molecule has 0 bridgehead atoms. The van der Waals surface area contributed by atoms with E-state index >= 15 is 0 Å². The van der Waals surface area contributed by atoms with E-state index in [9.17, 15) is 19.1 Å². The van der Waals surface area contributed by atoms with Gasteiger partial charge in [-0.15, -0.1) is 0 Å². The molecule has 0 fully saturated rings. The molecule has 0 radical (unpaired) electrons. The Hall–Kier alpha value is -0.480. The maximum absolute atomic E-state index is 11.9. The fourth-order valence-corrected chi connectivity index (χ4v) is 3.80. The van der Waals surface area contributed by atoms with Gasteiger partial charge in [0.05, 0.1) is 6.16 Å². The Morgan fingerprint density at radius 3 is 2.06 bits per heavy atom. The molecule has 0 heterocycles. The highest BCUT2D eigenvalue weighted by atomic mass is 31.2. The summed E-state index contributed by atoms with van der Waals surface area (Å²) in [5.74, 6) is -1.52. The lowest BCUT2D eigenvalue weighted by atomic mass is 10.2. The van der Waals surface area contributed by atoms with Crippen molar-refractivity contribution < 1.29 is 28.9 Å². The molecule has 0 amide bonds. The number of hydrogen-bond acceptors (Lipinski definition) is 3. The van der Waals surface area contributed by atoms with Crippen LogP contribution >= 0.6 is 15.0 Å². The molecule has 4 N–H and O–H groups in total. The van der Waals surface area contributed by atoms with Gasteiger partial charge in [-0.3, -0.25) is 9.13 Å². The molecule has 0 spiro atoms. The Morgan fingerprint density at radius 1 is 1.00 bits per heavy atom. The van der Waals surface area contributed by atoms with E-state index < -0.39 is 27.0 Å². The molecule has 0 aliphatic heterocycles. The van der Waals surface area contributed by atoms with Crippen molar-refractivity contribution >= 4 is 15.0 Å². The Bertz CT molecular complexity index is 469. The molecule has 0 aliphatic carbocycles. The van der Waals surface area contributed by atoms with E-state index in [1.807, 2.05) is 0 Å². The molecule has 2 unspecified atom stereocenters. The second-order valence-electron chi connectivity index (χ2n) is 4.01.